The summed E-state index contributed by atoms with van der Waals surface area (Å²) in [6, 6.07) is 4.11. The summed E-state index contributed by atoms with van der Waals surface area (Å²) in [5, 5.41) is 3.64. The predicted octanol–water partition coefficient (Wildman–Crippen LogP) is 2.69. The number of hydrogen-bond acceptors (Lipinski definition) is 6. The number of aromatic nitrogens is 6. The Kier molecular flexibility index (Phi) is 3.63. The molecule has 21 heavy (non-hydrogen) atoms. The fourth-order valence-electron chi connectivity index (χ4n) is 1.44. The van der Waals surface area contributed by atoms with E-state index >= 15 is 0 Å². The first kappa shape index (κ1) is 13.7. The van der Waals surface area contributed by atoms with Crippen LogP contribution in [-0.4, -0.2) is 29.7 Å². The molecule has 3 rings (SSSR count). The highest BCUT2D eigenvalue weighted by Crippen LogP contribution is 2.27. The van der Waals surface area contributed by atoms with E-state index in [1.54, 1.807) is 0 Å². The van der Waals surface area contributed by atoms with Gasteiger partial charge in [0.2, 0.25) is 5.28 Å². The third kappa shape index (κ3) is 2.91. The summed E-state index contributed by atoms with van der Waals surface area (Å²) in [7, 11) is 0. The number of benzene rings is 1. The zero-order chi connectivity index (χ0) is 14.8. The highest BCUT2D eigenvalue weighted by Gasteiger charge is 2.13. The molecule has 0 bridgehead atoms. The van der Waals surface area contributed by atoms with E-state index in [-0.39, 0.29) is 28.0 Å². The first-order chi connectivity index (χ1) is 10.1. The molecular weight excluding hydrogens is 322 g/mol. The highest BCUT2D eigenvalue weighted by molar-refractivity contribution is 6.30. The molecule has 0 aliphatic heterocycles. The van der Waals surface area contributed by atoms with Crippen molar-refractivity contribution in [1.82, 2.24) is 29.7 Å². The molecule has 0 atom stereocenters. The fourth-order valence-corrected chi connectivity index (χ4v) is 1.76. The van der Waals surface area contributed by atoms with Gasteiger partial charge < -0.3 is 4.74 Å². The number of ether oxygens (including phenoxy) is 1. The Bertz CT molecular complexity index is 782. The molecule has 0 fully saturated rings. The van der Waals surface area contributed by atoms with Crippen LogP contribution in [0.4, 0.5) is 4.39 Å². The van der Waals surface area contributed by atoms with Crippen molar-refractivity contribution >= 4 is 23.2 Å². The maximum absolute atomic E-state index is 13.8. The lowest BCUT2D eigenvalue weighted by Gasteiger charge is -2.07. The van der Waals surface area contributed by atoms with E-state index in [4.69, 9.17) is 27.9 Å². The van der Waals surface area contributed by atoms with Gasteiger partial charge in [-0.3, -0.25) is 0 Å². The van der Waals surface area contributed by atoms with E-state index in [1.807, 2.05) is 0 Å². The molecule has 106 valence electrons. The van der Waals surface area contributed by atoms with Gasteiger partial charge in [0.05, 0.1) is 5.02 Å². The SMILES string of the molecule is Fc1c(Cl)cccc1Oc1nc(Cl)nc(-n2cncn2)n1. The monoisotopic (exact) mass is 326 g/mol. The number of halogens is 3. The van der Waals surface area contributed by atoms with Crippen LogP contribution in [0.2, 0.25) is 10.3 Å². The second-order valence-corrected chi connectivity index (χ2v) is 4.43. The van der Waals surface area contributed by atoms with Crippen LogP contribution in [0.25, 0.3) is 5.95 Å². The second kappa shape index (κ2) is 5.58. The Morgan fingerprint density at radius 1 is 1.14 bits per heavy atom. The molecule has 10 heteroatoms. The van der Waals surface area contributed by atoms with Crippen molar-refractivity contribution in [3.63, 3.8) is 0 Å². The van der Waals surface area contributed by atoms with Crippen molar-refractivity contribution < 1.29 is 9.13 Å². The van der Waals surface area contributed by atoms with Crippen molar-refractivity contribution in [3.05, 3.63) is 47.0 Å². The molecule has 0 amide bonds. The van der Waals surface area contributed by atoms with E-state index in [2.05, 4.69) is 25.0 Å². The molecular formula is C11H5Cl2FN6O. The summed E-state index contributed by atoms with van der Waals surface area (Å²) in [5.74, 6) is -0.766. The Morgan fingerprint density at radius 3 is 2.76 bits per heavy atom. The molecule has 3 aromatic rings. The van der Waals surface area contributed by atoms with Crippen molar-refractivity contribution in [2.45, 2.75) is 0 Å². The van der Waals surface area contributed by atoms with Crippen LogP contribution in [-0.2, 0) is 0 Å². The lowest BCUT2D eigenvalue weighted by atomic mass is 10.3. The van der Waals surface area contributed by atoms with Gasteiger partial charge in [-0.05, 0) is 23.7 Å². The Morgan fingerprint density at radius 2 is 2.00 bits per heavy atom. The number of nitrogens with zero attached hydrogens (tertiary/aromatic N) is 6. The molecule has 0 radical (unpaired) electrons. The maximum Gasteiger partial charge on any atom is 0.328 e. The minimum absolute atomic E-state index is 0.0795. The van der Waals surface area contributed by atoms with Crippen LogP contribution in [0.5, 0.6) is 11.8 Å². The van der Waals surface area contributed by atoms with Crippen LogP contribution in [0.15, 0.2) is 30.9 Å². The Hall–Kier alpha value is -2.32. The van der Waals surface area contributed by atoms with Gasteiger partial charge in [0, 0.05) is 0 Å². The Labute approximate surface area is 127 Å². The third-order valence-corrected chi connectivity index (χ3v) is 2.78. The van der Waals surface area contributed by atoms with Crippen LogP contribution >= 0.6 is 23.2 Å². The summed E-state index contributed by atoms with van der Waals surface area (Å²) < 4.78 is 20.3. The molecule has 1 aromatic carbocycles. The van der Waals surface area contributed by atoms with Gasteiger partial charge in [0.25, 0.3) is 5.95 Å². The highest BCUT2D eigenvalue weighted by atomic mass is 35.5. The molecule has 0 saturated carbocycles. The van der Waals surface area contributed by atoms with Gasteiger partial charge >= 0.3 is 6.01 Å². The van der Waals surface area contributed by atoms with Crippen molar-refractivity contribution in [3.8, 4) is 17.7 Å². The van der Waals surface area contributed by atoms with Crippen LogP contribution in [0, 0.1) is 5.82 Å². The number of hydrogen-bond donors (Lipinski definition) is 0. The second-order valence-electron chi connectivity index (χ2n) is 3.68. The van der Waals surface area contributed by atoms with Crippen LogP contribution in [0.1, 0.15) is 0 Å². The minimum atomic E-state index is -0.724. The zero-order valence-electron chi connectivity index (χ0n) is 10.1. The van der Waals surface area contributed by atoms with E-state index in [0.717, 1.165) is 0 Å². The lowest BCUT2D eigenvalue weighted by molar-refractivity contribution is 0.408. The van der Waals surface area contributed by atoms with Crippen molar-refractivity contribution in [2.75, 3.05) is 0 Å². The minimum Gasteiger partial charge on any atom is -0.421 e. The fraction of sp³-hybridized carbons (Fsp3) is 0. The van der Waals surface area contributed by atoms with Crippen LogP contribution in [0.3, 0.4) is 0 Å². The van der Waals surface area contributed by atoms with Gasteiger partial charge in [-0.15, -0.1) is 0 Å². The molecule has 0 N–H and O–H groups in total. The average molecular weight is 327 g/mol. The molecule has 7 nitrogen and oxygen atoms in total. The van der Waals surface area contributed by atoms with Crippen molar-refractivity contribution in [1.29, 1.82) is 0 Å². The molecule has 0 aliphatic carbocycles. The van der Waals surface area contributed by atoms with Crippen molar-refractivity contribution in [2.24, 2.45) is 0 Å². The van der Waals surface area contributed by atoms with E-state index in [1.165, 1.54) is 35.5 Å². The smallest absolute Gasteiger partial charge is 0.328 e. The third-order valence-electron chi connectivity index (χ3n) is 2.32. The Balaban J connectivity index is 1.98. The zero-order valence-corrected chi connectivity index (χ0v) is 11.6. The van der Waals surface area contributed by atoms with E-state index in [0.29, 0.717) is 0 Å². The molecule has 0 saturated heterocycles. The normalized spacial score (nSPS) is 10.6. The predicted molar refractivity (Wildman–Crippen MR) is 71.2 cm³/mol. The quantitative estimate of drug-likeness (QED) is 0.736. The molecule has 0 spiro atoms. The summed E-state index contributed by atoms with van der Waals surface area (Å²) in [6.45, 7) is 0. The molecule has 0 aliphatic rings. The van der Waals surface area contributed by atoms with Gasteiger partial charge in [-0.25, -0.2) is 9.37 Å². The number of rotatable bonds is 3. The topological polar surface area (TPSA) is 78.6 Å². The van der Waals surface area contributed by atoms with Gasteiger partial charge in [-0.1, -0.05) is 17.7 Å². The van der Waals surface area contributed by atoms with E-state index < -0.39 is 5.82 Å². The summed E-state index contributed by atoms with van der Waals surface area (Å²) >= 11 is 11.4. The van der Waals surface area contributed by atoms with Gasteiger partial charge in [0.1, 0.15) is 12.7 Å². The van der Waals surface area contributed by atoms with Crippen LogP contribution < -0.4 is 4.74 Å². The van der Waals surface area contributed by atoms with Gasteiger partial charge in [-0.2, -0.15) is 24.7 Å². The first-order valence-electron chi connectivity index (χ1n) is 5.52. The van der Waals surface area contributed by atoms with E-state index in [9.17, 15) is 4.39 Å². The summed E-state index contributed by atoms with van der Waals surface area (Å²) in [4.78, 5) is 15.3. The first-order valence-corrected chi connectivity index (χ1v) is 6.27. The standard InChI is InChI=1S/C11H5Cl2FN6O/c12-6-2-1-3-7(8(6)14)21-11-18-9(13)17-10(19-11)20-5-15-4-16-20/h1-5H. The molecule has 2 heterocycles. The summed E-state index contributed by atoms with van der Waals surface area (Å²) in [5.41, 5.74) is 0. The molecule has 0 unspecified atom stereocenters. The maximum atomic E-state index is 13.8. The average Bonchev–Trinajstić information content (AvgIpc) is 2.97. The largest absolute Gasteiger partial charge is 0.421 e. The summed E-state index contributed by atoms with van der Waals surface area (Å²) in [6.07, 6.45) is 2.67. The van der Waals surface area contributed by atoms with Gasteiger partial charge in [0.15, 0.2) is 11.6 Å². The molecule has 2 aromatic heterocycles. The lowest BCUT2D eigenvalue weighted by Crippen LogP contribution is -2.05.